The number of aliphatic hydroxyl groups is 1. The molecule has 5 heteroatoms. The fourth-order valence-corrected chi connectivity index (χ4v) is 2.26. The highest BCUT2D eigenvalue weighted by molar-refractivity contribution is 5.97. The summed E-state index contributed by atoms with van der Waals surface area (Å²) < 4.78 is 0. The Bertz CT molecular complexity index is 500. The van der Waals surface area contributed by atoms with Gasteiger partial charge in [0.1, 0.15) is 5.54 Å². The first kappa shape index (κ1) is 15.0. The maximum absolute atomic E-state index is 11.9. The number of anilines is 1. The maximum atomic E-state index is 11.9. The number of likely N-dealkylation sites (N-methyl/N-ethyl adjacent to an activating group) is 1. The summed E-state index contributed by atoms with van der Waals surface area (Å²) in [6.45, 7) is 3.22. The number of carbonyl (C=O) groups is 1. The van der Waals surface area contributed by atoms with Gasteiger partial charge in [-0.2, -0.15) is 0 Å². The van der Waals surface area contributed by atoms with E-state index in [1.54, 1.807) is 0 Å². The van der Waals surface area contributed by atoms with E-state index in [1.807, 2.05) is 12.1 Å². The van der Waals surface area contributed by atoms with Crippen molar-refractivity contribution in [2.24, 2.45) is 5.73 Å². The minimum absolute atomic E-state index is 0.370. The number of carbonyl (C=O) groups excluding carboxylic acids is 1. The van der Waals surface area contributed by atoms with Crippen LogP contribution in [0.4, 0.5) is 5.69 Å². The second kappa shape index (κ2) is 5.91. The zero-order valence-corrected chi connectivity index (χ0v) is 12.1. The molecule has 1 aromatic rings. The smallest absolute Gasteiger partial charge is 0.246 e. The quantitative estimate of drug-likeness (QED) is 0.745. The van der Waals surface area contributed by atoms with Gasteiger partial charge < -0.3 is 21.1 Å². The number of nitrogens with two attached hydrogens (primary N) is 1. The first-order valence-corrected chi connectivity index (χ1v) is 6.94. The number of nitrogens with one attached hydrogen (secondary N) is 1. The molecule has 4 N–H and O–H groups in total. The molecule has 1 atom stereocenters. The van der Waals surface area contributed by atoms with Crippen LogP contribution in [0.3, 0.4) is 0 Å². The molecule has 20 heavy (non-hydrogen) atoms. The Hall–Kier alpha value is -1.43. The maximum Gasteiger partial charge on any atom is 0.246 e. The van der Waals surface area contributed by atoms with Crippen LogP contribution in [-0.4, -0.2) is 48.2 Å². The normalized spacial score (nSPS) is 18.8. The van der Waals surface area contributed by atoms with Crippen molar-refractivity contribution >= 4 is 11.6 Å². The van der Waals surface area contributed by atoms with Gasteiger partial charge in [-0.3, -0.25) is 4.79 Å². The molecule has 0 spiro atoms. The van der Waals surface area contributed by atoms with Crippen molar-refractivity contribution in [2.75, 3.05) is 32.1 Å². The first-order chi connectivity index (χ1) is 9.42. The van der Waals surface area contributed by atoms with Gasteiger partial charge in [-0.05, 0) is 50.1 Å². The largest absolute Gasteiger partial charge is 0.394 e. The standard InChI is InChI=1S/C15H23N3O2/c1-15(16,10-19)14(20)17-13-4-3-11-5-7-18(2)8-6-12(11)9-13/h3-4,9,19H,5-8,10,16H2,1-2H3,(H,17,20)/t15-/m1/s1. The third kappa shape index (κ3) is 3.36. The van der Waals surface area contributed by atoms with Crippen molar-refractivity contribution in [3.63, 3.8) is 0 Å². The highest BCUT2D eigenvalue weighted by Gasteiger charge is 2.27. The van der Waals surface area contributed by atoms with E-state index in [0.717, 1.165) is 31.6 Å². The molecule has 0 fully saturated rings. The predicted molar refractivity (Wildman–Crippen MR) is 79.7 cm³/mol. The summed E-state index contributed by atoms with van der Waals surface area (Å²) in [5.41, 5.74) is 7.81. The molecule has 1 aliphatic heterocycles. The molecule has 0 saturated carbocycles. The van der Waals surface area contributed by atoms with Gasteiger partial charge in [0, 0.05) is 18.8 Å². The van der Waals surface area contributed by atoms with Gasteiger partial charge in [0.15, 0.2) is 0 Å². The van der Waals surface area contributed by atoms with Crippen LogP contribution in [0.2, 0.25) is 0 Å². The molecule has 0 bridgehead atoms. The molecule has 0 aromatic heterocycles. The van der Waals surface area contributed by atoms with Crippen LogP contribution in [0.1, 0.15) is 18.1 Å². The second-order valence-corrected chi connectivity index (χ2v) is 5.82. The number of fused-ring (bicyclic) bond motifs is 1. The Morgan fingerprint density at radius 3 is 2.70 bits per heavy atom. The summed E-state index contributed by atoms with van der Waals surface area (Å²) in [5, 5.41) is 11.9. The van der Waals surface area contributed by atoms with Gasteiger partial charge in [-0.25, -0.2) is 0 Å². The van der Waals surface area contributed by atoms with Crippen molar-refractivity contribution in [1.82, 2.24) is 4.90 Å². The van der Waals surface area contributed by atoms with E-state index < -0.39 is 5.54 Å². The lowest BCUT2D eigenvalue weighted by molar-refractivity contribution is -0.121. The lowest BCUT2D eigenvalue weighted by atomic mass is 10.0. The Kier molecular flexibility index (Phi) is 4.42. The van der Waals surface area contributed by atoms with Crippen LogP contribution < -0.4 is 11.1 Å². The third-order valence-corrected chi connectivity index (χ3v) is 3.84. The summed E-state index contributed by atoms with van der Waals surface area (Å²) in [4.78, 5) is 14.3. The van der Waals surface area contributed by atoms with Gasteiger partial charge in [-0.15, -0.1) is 0 Å². The van der Waals surface area contributed by atoms with Crippen molar-refractivity contribution in [3.8, 4) is 0 Å². The zero-order chi connectivity index (χ0) is 14.8. The summed E-state index contributed by atoms with van der Waals surface area (Å²) in [6.07, 6.45) is 2.01. The molecule has 2 rings (SSSR count). The Morgan fingerprint density at radius 2 is 2.05 bits per heavy atom. The molecule has 1 amide bonds. The second-order valence-electron chi connectivity index (χ2n) is 5.82. The van der Waals surface area contributed by atoms with E-state index in [2.05, 4.69) is 23.3 Å². The van der Waals surface area contributed by atoms with Crippen LogP contribution in [-0.2, 0) is 17.6 Å². The number of rotatable bonds is 3. The SMILES string of the molecule is CN1CCc2ccc(NC(=O)[C@](C)(N)CO)cc2CC1. The van der Waals surface area contributed by atoms with Crippen LogP contribution >= 0.6 is 0 Å². The number of amides is 1. The van der Waals surface area contributed by atoms with Crippen LogP contribution in [0.5, 0.6) is 0 Å². The number of nitrogens with zero attached hydrogens (tertiary/aromatic N) is 1. The minimum atomic E-state index is -1.26. The summed E-state index contributed by atoms with van der Waals surface area (Å²) in [7, 11) is 2.12. The topological polar surface area (TPSA) is 78.6 Å². The number of hydrogen-bond donors (Lipinski definition) is 3. The Balaban J connectivity index is 2.14. The van der Waals surface area contributed by atoms with Crippen molar-refractivity contribution < 1.29 is 9.90 Å². The fraction of sp³-hybridized carbons (Fsp3) is 0.533. The van der Waals surface area contributed by atoms with E-state index in [1.165, 1.54) is 18.1 Å². The molecule has 110 valence electrons. The Morgan fingerprint density at radius 1 is 1.40 bits per heavy atom. The first-order valence-electron chi connectivity index (χ1n) is 6.94. The van der Waals surface area contributed by atoms with Crippen molar-refractivity contribution in [2.45, 2.75) is 25.3 Å². The molecule has 0 aliphatic carbocycles. The molecule has 1 heterocycles. The van der Waals surface area contributed by atoms with Gasteiger partial charge in [0.05, 0.1) is 6.61 Å². The highest BCUT2D eigenvalue weighted by Crippen LogP contribution is 2.20. The van der Waals surface area contributed by atoms with Gasteiger partial charge in [-0.1, -0.05) is 6.07 Å². The Labute approximate surface area is 119 Å². The summed E-state index contributed by atoms with van der Waals surface area (Å²) >= 11 is 0. The van der Waals surface area contributed by atoms with E-state index in [9.17, 15) is 4.79 Å². The van der Waals surface area contributed by atoms with E-state index in [4.69, 9.17) is 10.8 Å². The van der Waals surface area contributed by atoms with E-state index >= 15 is 0 Å². The van der Waals surface area contributed by atoms with Crippen molar-refractivity contribution in [1.29, 1.82) is 0 Å². The average Bonchev–Trinajstić information content (AvgIpc) is 2.61. The lowest BCUT2D eigenvalue weighted by Crippen LogP contribution is -2.51. The number of benzene rings is 1. The minimum Gasteiger partial charge on any atom is -0.394 e. The van der Waals surface area contributed by atoms with Crippen LogP contribution in [0.15, 0.2) is 18.2 Å². The van der Waals surface area contributed by atoms with Crippen molar-refractivity contribution in [3.05, 3.63) is 29.3 Å². The monoisotopic (exact) mass is 277 g/mol. The summed E-state index contributed by atoms with van der Waals surface area (Å²) in [6, 6.07) is 5.98. The molecule has 0 radical (unpaired) electrons. The molecule has 5 nitrogen and oxygen atoms in total. The molecule has 1 aliphatic rings. The molecule has 0 saturated heterocycles. The predicted octanol–water partition coefficient (Wildman–Crippen LogP) is 0.365. The third-order valence-electron chi connectivity index (χ3n) is 3.84. The van der Waals surface area contributed by atoms with Gasteiger partial charge in [0.25, 0.3) is 0 Å². The van der Waals surface area contributed by atoms with Crippen LogP contribution in [0.25, 0.3) is 0 Å². The average molecular weight is 277 g/mol. The zero-order valence-electron chi connectivity index (χ0n) is 12.1. The molecule has 0 unspecified atom stereocenters. The molecular formula is C15H23N3O2. The van der Waals surface area contributed by atoms with Crippen LogP contribution in [0, 0.1) is 0 Å². The molecule has 1 aromatic carbocycles. The molecular weight excluding hydrogens is 254 g/mol. The number of hydrogen-bond acceptors (Lipinski definition) is 4. The lowest BCUT2D eigenvalue weighted by Gasteiger charge is -2.21. The highest BCUT2D eigenvalue weighted by atomic mass is 16.3. The van der Waals surface area contributed by atoms with Gasteiger partial charge >= 0.3 is 0 Å². The van der Waals surface area contributed by atoms with Gasteiger partial charge in [0.2, 0.25) is 5.91 Å². The summed E-state index contributed by atoms with van der Waals surface area (Å²) in [5.74, 6) is -0.370. The number of aliphatic hydroxyl groups excluding tert-OH is 1. The van der Waals surface area contributed by atoms with E-state index in [-0.39, 0.29) is 12.5 Å². The fourth-order valence-electron chi connectivity index (χ4n) is 2.26. The van der Waals surface area contributed by atoms with E-state index in [0.29, 0.717) is 0 Å².